The smallest absolute Gasteiger partial charge is 0.308 e. The Kier molecular flexibility index (Phi) is 4.54. The highest BCUT2D eigenvalue weighted by atomic mass is 32.2. The fourth-order valence-corrected chi connectivity index (χ4v) is 6.17. The molecule has 0 aromatic carbocycles. The van der Waals surface area contributed by atoms with Crippen molar-refractivity contribution < 1.29 is 18.3 Å². The molecular formula is C11H15NO4S3. The summed E-state index contributed by atoms with van der Waals surface area (Å²) in [5.74, 6) is 0.855. The van der Waals surface area contributed by atoms with Gasteiger partial charge >= 0.3 is 5.97 Å². The monoisotopic (exact) mass is 321 g/mol. The summed E-state index contributed by atoms with van der Waals surface area (Å²) >= 11 is 2.79. The number of thioether (sulfide) groups is 1. The van der Waals surface area contributed by atoms with Crippen LogP contribution < -0.4 is 0 Å². The minimum atomic E-state index is -3.49. The molecule has 0 radical (unpaired) electrons. The Bertz CT molecular complexity index is 560. The summed E-state index contributed by atoms with van der Waals surface area (Å²) in [4.78, 5) is 11.2. The largest absolute Gasteiger partial charge is 0.481 e. The van der Waals surface area contributed by atoms with Gasteiger partial charge in [0.15, 0.2) is 0 Å². The van der Waals surface area contributed by atoms with Gasteiger partial charge in [0.05, 0.1) is 6.42 Å². The van der Waals surface area contributed by atoms with Gasteiger partial charge in [-0.1, -0.05) is 0 Å². The number of rotatable bonds is 5. The van der Waals surface area contributed by atoms with Gasteiger partial charge < -0.3 is 5.11 Å². The van der Waals surface area contributed by atoms with Crippen molar-refractivity contribution in [1.29, 1.82) is 0 Å². The maximum absolute atomic E-state index is 12.4. The first kappa shape index (κ1) is 14.8. The molecule has 1 saturated heterocycles. The summed E-state index contributed by atoms with van der Waals surface area (Å²) < 4.78 is 26.4. The molecule has 0 spiro atoms. The van der Waals surface area contributed by atoms with E-state index in [1.165, 1.54) is 10.4 Å². The van der Waals surface area contributed by atoms with Crippen LogP contribution in [0.2, 0.25) is 0 Å². The van der Waals surface area contributed by atoms with Gasteiger partial charge in [-0.2, -0.15) is 16.1 Å². The van der Waals surface area contributed by atoms with E-state index in [1.807, 2.05) is 0 Å². The number of sulfonamides is 1. The second-order valence-corrected chi connectivity index (χ2v) is 8.87. The van der Waals surface area contributed by atoms with Crippen molar-refractivity contribution in [2.45, 2.75) is 23.1 Å². The van der Waals surface area contributed by atoms with E-state index in [9.17, 15) is 13.2 Å². The molecule has 1 fully saturated rings. The minimum Gasteiger partial charge on any atom is -0.481 e. The summed E-state index contributed by atoms with van der Waals surface area (Å²) in [5.41, 5.74) is 0. The number of hydrogen-bond acceptors (Lipinski definition) is 5. The van der Waals surface area contributed by atoms with E-state index < -0.39 is 16.0 Å². The maximum Gasteiger partial charge on any atom is 0.308 e. The summed E-state index contributed by atoms with van der Waals surface area (Å²) in [5, 5.41) is 8.70. The van der Waals surface area contributed by atoms with Crippen LogP contribution in [0.3, 0.4) is 0 Å². The molecule has 2 rings (SSSR count). The lowest BCUT2D eigenvalue weighted by molar-refractivity contribution is -0.136. The van der Waals surface area contributed by atoms with Crippen molar-refractivity contribution in [2.24, 2.45) is 0 Å². The molecule has 1 atom stereocenters. The fraction of sp³-hybridized carbons (Fsp3) is 0.545. The molecule has 1 N–H and O–H groups in total. The first-order chi connectivity index (χ1) is 8.91. The van der Waals surface area contributed by atoms with Crippen LogP contribution in [0.5, 0.6) is 0 Å². The molecule has 8 heteroatoms. The summed E-state index contributed by atoms with van der Waals surface area (Å²) in [6.07, 6.45) is 0.733. The van der Waals surface area contributed by atoms with Crippen molar-refractivity contribution in [2.75, 3.05) is 18.6 Å². The molecule has 1 aliphatic rings. The summed E-state index contributed by atoms with van der Waals surface area (Å²) in [6, 6.07) is 3.11. The quantitative estimate of drug-likeness (QED) is 0.889. The van der Waals surface area contributed by atoms with Gasteiger partial charge in [0, 0.05) is 23.7 Å². The highest BCUT2D eigenvalue weighted by Crippen LogP contribution is 2.29. The van der Waals surface area contributed by atoms with Crippen LogP contribution in [0.1, 0.15) is 11.3 Å². The zero-order chi connectivity index (χ0) is 14.0. The zero-order valence-electron chi connectivity index (χ0n) is 10.4. The maximum atomic E-state index is 12.4. The van der Waals surface area contributed by atoms with Crippen molar-refractivity contribution in [3.05, 3.63) is 17.0 Å². The topological polar surface area (TPSA) is 74.7 Å². The molecule has 0 aliphatic carbocycles. The van der Waals surface area contributed by atoms with Crippen molar-refractivity contribution in [3.8, 4) is 0 Å². The summed E-state index contributed by atoms with van der Waals surface area (Å²) in [6.45, 7) is 0. The van der Waals surface area contributed by atoms with Crippen LogP contribution in [0.15, 0.2) is 16.3 Å². The number of carboxylic acids is 1. The van der Waals surface area contributed by atoms with Gasteiger partial charge in [0.25, 0.3) is 10.0 Å². The van der Waals surface area contributed by atoms with Crippen LogP contribution in [-0.4, -0.2) is 48.4 Å². The molecule has 1 unspecified atom stereocenters. The molecule has 19 heavy (non-hydrogen) atoms. The third-order valence-corrected chi connectivity index (χ3v) is 7.62. The molecule has 5 nitrogen and oxygen atoms in total. The highest BCUT2D eigenvalue weighted by molar-refractivity contribution is 7.99. The molecule has 0 amide bonds. The van der Waals surface area contributed by atoms with Gasteiger partial charge in [-0.05, 0) is 24.3 Å². The molecule has 1 aromatic rings. The van der Waals surface area contributed by atoms with Crippen molar-refractivity contribution in [3.63, 3.8) is 0 Å². The third-order valence-electron chi connectivity index (χ3n) is 3.02. The van der Waals surface area contributed by atoms with Crippen LogP contribution in [0.25, 0.3) is 0 Å². The second-order valence-electron chi connectivity index (χ2n) is 4.33. The molecule has 0 saturated carbocycles. The van der Waals surface area contributed by atoms with E-state index in [-0.39, 0.29) is 16.7 Å². The molecule has 1 aliphatic heterocycles. The average molecular weight is 321 g/mol. The first-order valence-electron chi connectivity index (χ1n) is 5.77. The zero-order valence-corrected chi connectivity index (χ0v) is 12.9. The van der Waals surface area contributed by atoms with Gasteiger partial charge in [-0.25, -0.2) is 8.42 Å². The number of nitrogens with zero attached hydrogens (tertiary/aromatic N) is 1. The Morgan fingerprint density at radius 3 is 2.84 bits per heavy atom. The van der Waals surface area contributed by atoms with E-state index in [4.69, 9.17) is 5.11 Å². The predicted octanol–water partition coefficient (Wildman–Crippen LogP) is 1.50. The van der Waals surface area contributed by atoms with Crippen molar-refractivity contribution >= 4 is 39.1 Å². The van der Waals surface area contributed by atoms with Crippen LogP contribution in [0, 0.1) is 0 Å². The van der Waals surface area contributed by atoms with Crippen LogP contribution >= 0.6 is 23.1 Å². The third kappa shape index (κ3) is 3.31. The van der Waals surface area contributed by atoms with E-state index in [1.54, 1.807) is 24.9 Å². The predicted molar refractivity (Wildman–Crippen MR) is 76.3 cm³/mol. The Morgan fingerprint density at radius 1 is 1.53 bits per heavy atom. The SMILES string of the molecule is CN(C1CCSC1)S(=O)(=O)c1ccc(CC(=O)O)s1. The lowest BCUT2D eigenvalue weighted by Crippen LogP contribution is -2.36. The molecular weight excluding hydrogens is 306 g/mol. The number of thiophene rings is 1. The Morgan fingerprint density at radius 2 is 2.26 bits per heavy atom. The average Bonchev–Trinajstić information content (AvgIpc) is 2.96. The Hall–Kier alpha value is -0.570. The molecule has 0 bridgehead atoms. The number of carbonyl (C=O) groups is 1. The Balaban J connectivity index is 2.18. The first-order valence-corrected chi connectivity index (χ1v) is 9.18. The molecule has 1 aromatic heterocycles. The van der Waals surface area contributed by atoms with Crippen LogP contribution in [-0.2, 0) is 21.2 Å². The lowest BCUT2D eigenvalue weighted by atomic mass is 10.3. The molecule has 2 heterocycles. The van der Waals surface area contributed by atoms with Gasteiger partial charge in [-0.15, -0.1) is 11.3 Å². The van der Waals surface area contributed by atoms with Gasteiger partial charge in [0.2, 0.25) is 0 Å². The van der Waals surface area contributed by atoms with E-state index in [2.05, 4.69) is 0 Å². The second kappa shape index (κ2) is 5.82. The normalized spacial score (nSPS) is 20.0. The Labute approximate surface area is 120 Å². The molecule has 106 valence electrons. The van der Waals surface area contributed by atoms with E-state index >= 15 is 0 Å². The van der Waals surface area contributed by atoms with Gasteiger partial charge in [0.1, 0.15) is 4.21 Å². The summed E-state index contributed by atoms with van der Waals surface area (Å²) in [7, 11) is -1.89. The minimum absolute atomic E-state index is 0.0417. The number of carboxylic acid groups (broad SMARTS) is 1. The van der Waals surface area contributed by atoms with Crippen molar-refractivity contribution in [1.82, 2.24) is 4.31 Å². The van der Waals surface area contributed by atoms with E-state index in [0.29, 0.717) is 4.88 Å². The van der Waals surface area contributed by atoms with E-state index in [0.717, 1.165) is 29.3 Å². The number of hydrogen-bond donors (Lipinski definition) is 1. The lowest BCUT2D eigenvalue weighted by Gasteiger charge is -2.22. The van der Waals surface area contributed by atoms with Crippen LogP contribution in [0.4, 0.5) is 0 Å². The standard InChI is InChI=1S/C11H15NO4S3/c1-12(8-4-5-17-7-8)19(15,16)11-3-2-9(18-11)6-10(13)14/h2-3,8H,4-7H2,1H3,(H,13,14). The fourth-order valence-electron chi connectivity index (χ4n) is 1.89. The highest BCUT2D eigenvalue weighted by Gasteiger charge is 2.31. The number of aliphatic carboxylic acids is 1. The van der Waals surface area contributed by atoms with Gasteiger partial charge in [-0.3, -0.25) is 4.79 Å².